The summed E-state index contributed by atoms with van der Waals surface area (Å²) in [6.07, 6.45) is 4.39. The minimum absolute atomic E-state index is 0.174. The molecular weight excluding hydrogens is 238 g/mol. The molecule has 0 amide bonds. The first-order chi connectivity index (χ1) is 7.43. The molecule has 1 unspecified atom stereocenters. The molecule has 0 aliphatic heterocycles. The Bertz CT molecular complexity index is 314. The Morgan fingerprint density at radius 2 is 2.12 bits per heavy atom. The van der Waals surface area contributed by atoms with Crippen molar-refractivity contribution in [2.45, 2.75) is 64.2 Å². The van der Waals surface area contributed by atoms with E-state index < -0.39 is 0 Å². The lowest BCUT2D eigenvalue weighted by atomic mass is 9.93. The van der Waals surface area contributed by atoms with Crippen molar-refractivity contribution in [3.8, 4) is 0 Å². The Kier molecular flexibility index (Phi) is 5.26. The molecule has 0 fully saturated rings. The van der Waals surface area contributed by atoms with E-state index >= 15 is 0 Å². The number of halogens is 1. The number of alkyl halides is 1. The van der Waals surface area contributed by atoms with E-state index in [4.69, 9.17) is 11.6 Å². The summed E-state index contributed by atoms with van der Waals surface area (Å²) < 4.78 is 0. The Morgan fingerprint density at radius 3 is 2.62 bits per heavy atom. The molecule has 1 aromatic rings. The molecule has 0 radical (unpaired) electrons. The zero-order valence-electron chi connectivity index (χ0n) is 10.7. The maximum absolute atomic E-state index is 6.09. The van der Waals surface area contributed by atoms with Gasteiger partial charge in [0.2, 0.25) is 0 Å². The van der Waals surface area contributed by atoms with Crippen LogP contribution in [0.3, 0.4) is 0 Å². The van der Waals surface area contributed by atoms with Crippen molar-refractivity contribution >= 4 is 22.9 Å². The van der Waals surface area contributed by atoms with E-state index in [-0.39, 0.29) is 5.41 Å². The number of hydrogen-bond donors (Lipinski definition) is 0. The van der Waals surface area contributed by atoms with Crippen LogP contribution in [0.2, 0.25) is 0 Å². The van der Waals surface area contributed by atoms with Gasteiger partial charge in [-0.1, -0.05) is 27.7 Å². The third kappa shape index (κ3) is 4.42. The van der Waals surface area contributed by atoms with Gasteiger partial charge in [0.25, 0.3) is 0 Å². The lowest BCUT2D eigenvalue weighted by Crippen LogP contribution is -2.11. The number of nitrogens with zero attached hydrogens (tertiary/aromatic N) is 1. The molecule has 16 heavy (non-hydrogen) atoms. The lowest BCUT2D eigenvalue weighted by molar-refractivity contribution is 0.569. The molecule has 0 N–H and O–H groups in total. The Morgan fingerprint density at radius 1 is 1.44 bits per heavy atom. The van der Waals surface area contributed by atoms with Crippen LogP contribution in [-0.2, 0) is 11.8 Å². The molecule has 0 aliphatic carbocycles. The van der Waals surface area contributed by atoms with Gasteiger partial charge in [0.05, 0.1) is 10.7 Å². The molecule has 1 rings (SSSR count). The van der Waals surface area contributed by atoms with Crippen LogP contribution in [0.25, 0.3) is 0 Å². The molecular formula is C13H22ClNS. The highest BCUT2D eigenvalue weighted by Crippen LogP contribution is 2.24. The van der Waals surface area contributed by atoms with Crippen LogP contribution in [0, 0.1) is 0 Å². The van der Waals surface area contributed by atoms with E-state index in [9.17, 15) is 0 Å². The summed E-state index contributed by atoms with van der Waals surface area (Å²) in [6, 6.07) is 0. The molecule has 1 nitrogen and oxygen atoms in total. The van der Waals surface area contributed by atoms with Crippen LogP contribution in [0.1, 0.15) is 57.7 Å². The predicted molar refractivity (Wildman–Crippen MR) is 73.7 cm³/mol. The molecule has 92 valence electrons. The first kappa shape index (κ1) is 14.0. The second-order valence-corrected chi connectivity index (χ2v) is 6.83. The van der Waals surface area contributed by atoms with E-state index in [0.29, 0.717) is 5.38 Å². The molecule has 0 aliphatic rings. The Balaban J connectivity index is 2.41. The number of rotatable bonds is 5. The van der Waals surface area contributed by atoms with Crippen LogP contribution < -0.4 is 0 Å². The number of aryl methyl sites for hydroxylation is 1. The smallest absolute Gasteiger partial charge is 0.0928 e. The maximum atomic E-state index is 6.09. The minimum Gasteiger partial charge on any atom is -0.246 e. The molecule has 1 atom stereocenters. The van der Waals surface area contributed by atoms with Crippen molar-refractivity contribution in [1.29, 1.82) is 0 Å². The summed E-state index contributed by atoms with van der Waals surface area (Å²) in [7, 11) is 0. The summed E-state index contributed by atoms with van der Waals surface area (Å²) >= 11 is 7.87. The van der Waals surface area contributed by atoms with Gasteiger partial charge in [0.1, 0.15) is 0 Å². The number of thiazole rings is 1. The SMILES string of the molecule is CCC(Cl)CCCc1nc(C(C)(C)C)cs1. The zero-order chi connectivity index (χ0) is 12.2. The highest BCUT2D eigenvalue weighted by Gasteiger charge is 2.17. The maximum Gasteiger partial charge on any atom is 0.0928 e. The van der Waals surface area contributed by atoms with Crippen LogP contribution in [0.15, 0.2) is 5.38 Å². The van der Waals surface area contributed by atoms with Crippen molar-refractivity contribution in [2.24, 2.45) is 0 Å². The molecule has 0 saturated carbocycles. The minimum atomic E-state index is 0.174. The Hall–Kier alpha value is -0.0800. The summed E-state index contributed by atoms with van der Waals surface area (Å²) in [5.41, 5.74) is 1.39. The second kappa shape index (κ2) is 6.02. The number of hydrogen-bond acceptors (Lipinski definition) is 2. The standard InChI is InChI=1S/C13H22ClNS/c1-5-10(14)7-6-8-12-15-11(9-16-12)13(2,3)4/h9-10H,5-8H2,1-4H3. The van der Waals surface area contributed by atoms with Gasteiger partial charge >= 0.3 is 0 Å². The van der Waals surface area contributed by atoms with Crippen LogP contribution in [-0.4, -0.2) is 10.4 Å². The summed E-state index contributed by atoms with van der Waals surface area (Å²) in [5, 5.41) is 3.78. The quantitative estimate of drug-likeness (QED) is 0.694. The van der Waals surface area contributed by atoms with Gasteiger partial charge in [0.15, 0.2) is 0 Å². The predicted octanol–water partition coefficient (Wildman–Crippen LogP) is 4.78. The topological polar surface area (TPSA) is 12.9 Å². The van der Waals surface area contributed by atoms with E-state index in [2.05, 4.69) is 38.1 Å². The highest BCUT2D eigenvalue weighted by atomic mass is 35.5. The first-order valence-electron chi connectivity index (χ1n) is 6.02. The molecule has 1 heterocycles. The van der Waals surface area contributed by atoms with Crippen molar-refractivity contribution in [3.05, 3.63) is 16.1 Å². The van der Waals surface area contributed by atoms with Gasteiger partial charge in [-0.2, -0.15) is 0 Å². The number of aromatic nitrogens is 1. The van der Waals surface area contributed by atoms with Crippen LogP contribution in [0.4, 0.5) is 0 Å². The first-order valence-corrected chi connectivity index (χ1v) is 7.34. The van der Waals surface area contributed by atoms with Crippen molar-refractivity contribution in [3.63, 3.8) is 0 Å². The van der Waals surface area contributed by atoms with Crippen molar-refractivity contribution in [1.82, 2.24) is 4.98 Å². The van der Waals surface area contributed by atoms with Crippen LogP contribution in [0.5, 0.6) is 0 Å². The van der Waals surface area contributed by atoms with Gasteiger partial charge in [-0.05, 0) is 25.7 Å². The summed E-state index contributed by atoms with van der Waals surface area (Å²) in [5.74, 6) is 0. The average Bonchev–Trinajstić information content (AvgIpc) is 2.65. The molecule has 0 spiro atoms. The van der Waals surface area contributed by atoms with Gasteiger partial charge in [-0.25, -0.2) is 4.98 Å². The van der Waals surface area contributed by atoms with E-state index in [0.717, 1.165) is 25.7 Å². The summed E-state index contributed by atoms with van der Waals surface area (Å²) in [6.45, 7) is 8.76. The third-order valence-corrected chi connectivity index (χ3v) is 4.11. The summed E-state index contributed by atoms with van der Waals surface area (Å²) in [4.78, 5) is 4.68. The fraction of sp³-hybridized carbons (Fsp3) is 0.769. The monoisotopic (exact) mass is 259 g/mol. The highest BCUT2D eigenvalue weighted by molar-refractivity contribution is 7.09. The lowest BCUT2D eigenvalue weighted by Gasteiger charge is -2.14. The molecule has 0 saturated heterocycles. The van der Waals surface area contributed by atoms with E-state index in [1.165, 1.54) is 10.7 Å². The van der Waals surface area contributed by atoms with Crippen molar-refractivity contribution in [2.75, 3.05) is 0 Å². The van der Waals surface area contributed by atoms with Gasteiger partial charge in [0, 0.05) is 16.2 Å². The van der Waals surface area contributed by atoms with Gasteiger partial charge in [-0.15, -0.1) is 22.9 Å². The van der Waals surface area contributed by atoms with E-state index in [1.807, 2.05) is 0 Å². The molecule has 1 aromatic heterocycles. The average molecular weight is 260 g/mol. The van der Waals surface area contributed by atoms with Crippen molar-refractivity contribution < 1.29 is 0 Å². The molecule has 0 bridgehead atoms. The third-order valence-electron chi connectivity index (χ3n) is 2.67. The fourth-order valence-corrected chi connectivity index (χ4v) is 2.67. The molecule has 3 heteroatoms. The van der Waals surface area contributed by atoms with Gasteiger partial charge in [-0.3, -0.25) is 0 Å². The largest absolute Gasteiger partial charge is 0.246 e. The normalized spacial score (nSPS) is 14.1. The molecule has 0 aromatic carbocycles. The fourth-order valence-electron chi connectivity index (χ4n) is 1.45. The van der Waals surface area contributed by atoms with Crippen LogP contribution >= 0.6 is 22.9 Å². The second-order valence-electron chi connectivity index (χ2n) is 5.27. The van der Waals surface area contributed by atoms with Gasteiger partial charge < -0.3 is 0 Å². The van der Waals surface area contributed by atoms with E-state index in [1.54, 1.807) is 11.3 Å². The zero-order valence-corrected chi connectivity index (χ0v) is 12.3. The Labute approximate surface area is 108 Å².